The molecule has 4 aromatic carbocycles. The molecule has 596 valence electrons. The second kappa shape index (κ2) is 37.2. The van der Waals surface area contributed by atoms with Crippen LogP contribution in [0.5, 0.6) is 0 Å². The second-order valence-electron chi connectivity index (χ2n) is 28.3. The highest BCUT2D eigenvalue weighted by molar-refractivity contribution is 14.1. The molecule has 0 bridgehead atoms. The van der Waals surface area contributed by atoms with Crippen molar-refractivity contribution in [1.29, 1.82) is 0 Å². The smallest absolute Gasteiger partial charge is 0.417 e. The summed E-state index contributed by atoms with van der Waals surface area (Å²) in [6.45, 7) is 13.7. The van der Waals surface area contributed by atoms with E-state index in [1.54, 1.807) is 108 Å². The Labute approximate surface area is 671 Å². The van der Waals surface area contributed by atoms with E-state index in [9.17, 15) is 55.1 Å². The van der Waals surface area contributed by atoms with E-state index in [1.807, 2.05) is 9.13 Å². The van der Waals surface area contributed by atoms with Gasteiger partial charge in [-0.15, -0.1) is 6.42 Å². The molecule has 24 nitrogen and oxygen atoms in total. The Hall–Kier alpha value is -10.1. The van der Waals surface area contributed by atoms with Crippen LogP contribution < -0.4 is 22.1 Å². The van der Waals surface area contributed by atoms with E-state index in [1.165, 1.54) is 18.3 Å². The van der Waals surface area contributed by atoms with Crippen LogP contribution >= 0.6 is 45.8 Å². The number of amides is 6. The fourth-order valence-electron chi connectivity index (χ4n) is 12.5. The molecule has 0 spiro atoms. The number of fused-ring (bicyclic) bond motifs is 2. The lowest BCUT2D eigenvalue weighted by molar-refractivity contribution is -0.163. The summed E-state index contributed by atoms with van der Waals surface area (Å²) in [6.07, 6.45) is 3.69. The van der Waals surface area contributed by atoms with Crippen molar-refractivity contribution in [3.63, 3.8) is 0 Å². The molecule has 2 saturated heterocycles. The number of nitrogens with zero attached hydrogens (tertiary/aromatic N) is 8. The number of nitrogens with one attached hydrogen (secondary N) is 2. The van der Waals surface area contributed by atoms with Crippen molar-refractivity contribution < 1.29 is 83.5 Å². The van der Waals surface area contributed by atoms with Gasteiger partial charge in [-0.05, 0) is 187 Å². The third kappa shape index (κ3) is 23.3. The molecule has 4 aromatic heterocycles. The minimum absolute atomic E-state index is 0.000498. The summed E-state index contributed by atoms with van der Waals surface area (Å²) in [5.41, 5.74) is 15.7. The van der Waals surface area contributed by atoms with Crippen LogP contribution in [0.4, 0.5) is 59.2 Å². The second-order valence-corrected chi connectivity index (χ2v) is 30.3. The first-order valence-corrected chi connectivity index (χ1v) is 37.7. The van der Waals surface area contributed by atoms with Gasteiger partial charge in [0.05, 0.1) is 78.9 Å². The molecule has 0 saturated carbocycles. The lowest BCUT2D eigenvalue weighted by Gasteiger charge is -2.29. The van der Waals surface area contributed by atoms with Crippen LogP contribution in [0.25, 0.3) is 22.8 Å². The Balaban J connectivity index is 0.000000200. The molecule has 4 aliphatic rings. The number of benzene rings is 4. The van der Waals surface area contributed by atoms with Gasteiger partial charge in [0.15, 0.2) is 12.6 Å². The minimum atomic E-state index is -4.68. The molecule has 2 atom stereocenters. The molecule has 6 N–H and O–H groups in total. The minimum Gasteiger partial charge on any atom is -0.443 e. The quantitative estimate of drug-likeness (QED) is 0.0397. The lowest BCUT2D eigenvalue weighted by atomic mass is 10.1. The maximum Gasteiger partial charge on any atom is 0.417 e. The molecule has 8 aromatic rings. The van der Waals surface area contributed by atoms with Gasteiger partial charge in [0.2, 0.25) is 23.7 Å². The van der Waals surface area contributed by atoms with Crippen LogP contribution in [-0.2, 0) is 89.1 Å². The maximum atomic E-state index is 13.8. The molecular formula is C80H81Cl2F6IN12O12. The SMILES string of the molecule is C#Cc1cccc(CC(=O)Nc2ccc(Cl)c(C(F)(F)F)c2)c1.CC(C)(C)OC(=O)N1CCc2c(cc(-c3nc(N)ncc3C#Cc3cccc(CC(=O)Nc4ccc(Cl)c(C(F)(F)F)c4)c3)n2CCOC2CCCCO2)C1=O.CC(C)(C)OC(=O)N1CCc2c(cc(-c3nc(N)ncc3I)n2CCOC2CCCCO2)C1=O. The highest BCUT2D eigenvalue weighted by Crippen LogP contribution is 2.39. The highest BCUT2D eigenvalue weighted by Gasteiger charge is 2.40. The average Bonchev–Trinajstić information content (AvgIpc) is 1.61. The third-order valence-electron chi connectivity index (χ3n) is 17.5. The highest BCUT2D eigenvalue weighted by atomic mass is 127. The molecule has 0 radical (unpaired) electrons. The number of anilines is 4. The summed E-state index contributed by atoms with van der Waals surface area (Å²) < 4.78 is 117. The van der Waals surface area contributed by atoms with Gasteiger partial charge in [0.25, 0.3) is 11.8 Å². The fraction of sp³-hybridized carbons (Fsp3) is 0.375. The predicted molar refractivity (Wildman–Crippen MR) is 418 cm³/mol. The predicted octanol–water partition coefficient (Wildman–Crippen LogP) is 15.4. The van der Waals surface area contributed by atoms with Crippen LogP contribution in [0.1, 0.15) is 151 Å². The van der Waals surface area contributed by atoms with E-state index < -0.39 is 74.6 Å². The Morgan fingerprint density at radius 2 is 1.04 bits per heavy atom. The van der Waals surface area contributed by atoms with Crippen molar-refractivity contribution in [1.82, 2.24) is 38.9 Å². The number of aromatic nitrogens is 6. The van der Waals surface area contributed by atoms with E-state index in [0.717, 1.165) is 87.5 Å². The summed E-state index contributed by atoms with van der Waals surface area (Å²) in [6, 6.07) is 23.4. The molecule has 2 unspecified atom stereocenters. The average molecular weight is 1710 g/mol. The monoisotopic (exact) mass is 1710 g/mol. The maximum absolute atomic E-state index is 13.8. The number of nitrogen functional groups attached to an aromatic ring is 2. The summed E-state index contributed by atoms with van der Waals surface area (Å²) in [5, 5.41) is 4.01. The van der Waals surface area contributed by atoms with Gasteiger partial charge in [0.1, 0.15) is 22.6 Å². The van der Waals surface area contributed by atoms with E-state index in [4.69, 9.17) is 69.5 Å². The number of carbonyl (C=O) groups is 6. The van der Waals surface area contributed by atoms with E-state index in [2.05, 4.69) is 70.9 Å². The number of rotatable bonds is 16. The van der Waals surface area contributed by atoms with E-state index in [0.29, 0.717) is 107 Å². The van der Waals surface area contributed by atoms with Gasteiger partial charge in [0, 0.05) is 98.5 Å². The molecule has 8 heterocycles. The Bertz CT molecular complexity index is 4970. The van der Waals surface area contributed by atoms with Crippen molar-refractivity contribution in [3.8, 4) is 47.0 Å². The Morgan fingerprint density at radius 1 is 0.602 bits per heavy atom. The first-order chi connectivity index (χ1) is 53.5. The van der Waals surface area contributed by atoms with Crippen LogP contribution in [0.3, 0.4) is 0 Å². The zero-order valence-electron chi connectivity index (χ0n) is 62.4. The number of alkyl halides is 6. The van der Waals surface area contributed by atoms with E-state index >= 15 is 0 Å². The molecular weight excluding hydrogens is 1630 g/mol. The van der Waals surface area contributed by atoms with Gasteiger partial charge >= 0.3 is 24.5 Å². The number of halogens is 9. The van der Waals surface area contributed by atoms with Crippen LogP contribution in [0.2, 0.25) is 10.0 Å². The number of ether oxygens (including phenoxy) is 6. The number of carbonyl (C=O) groups excluding carboxylic acids is 6. The van der Waals surface area contributed by atoms with Crippen LogP contribution in [0, 0.1) is 27.8 Å². The molecule has 2 fully saturated rings. The molecule has 113 heavy (non-hydrogen) atoms. The normalized spacial score (nSPS) is 15.7. The van der Waals surface area contributed by atoms with Gasteiger partial charge in [-0.3, -0.25) is 19.2 Å². The topological polar surface area (TPSA) is 302 Å². The van der Waals surface area contributed by atoms with Crippen molar-refractivity contribution in [3.05, 3.63) is 185 Å². The van der Waals surface area contributed by atoms with Crippen molar-refractivity contribution >= 4 is 105 Å². The fourth-order valence-corrected chi connectivity index (χ4v) is 13.5. The summed E-state index contributed by atoms with van der Waals surface area (Å²) in [4.78, 5) is 97.0. The Kier molecular flexibility index (Phi) is 28.1. The summed E-state index contributed by atoms with van der Waals surface area (Å²) in [5.74, 6) is 6.86. The first kappa shape index (κ1) is 85.3. The van der Waals surface area contributed by atoms with Crippen LogP contribution in [-0.4, -0.2) is 138 Å². The standard InChI is InChI=1S/C40H40ClF3N6O6.C23H30IN5O5.C17H11ClF3NO/c1-39(2,3)56-38(53)50-15-14-31-28(36(50)52)22-32(49(31)16-18-55-34-9-4-5-17-54-34)35-26(23-46-37(45)48-35)11-10-24-7-6-8-25(19-24)20-33(51)47-27-12-13-30(41)29(21-27)40(42,43)44;1-23(2,3)34-22(31)29-8-7-16-14(20(29)30)12-17(19-15(24)13-26-21(25)27-19)28(16)9-11-33-18-6-4-5-10-32-18;1-2-11-4-3-5-12(8-11)9-16(23)22-13-6-7-15(18)14(10-13)17(19,20)21/h6-8,12-13,19,21-23,34H,4-5,9,14-18,20H2,1-3H3,(H,47,51)(H2,45,46,48);12-13,18H,4-11H2,1-3H3,(H2,25,26,27);1,3-8,10H,9H2,(H,22,23). The number of terminal acetylenes is 1. The molecule has 6 amide bonds. The molecule has 12 rings (SSSR count). The first-order valence-electron chi connectivity index (χ1n) is 35.9. The van der Waals surface area contributed by atoms with Gasteiger partial charge in [-0.1, -0.05) is 65.2 Å². The van der Waals surface area contributed by atoms with Crippen LogP contribution in [0.15, 0.2) is 109 Å². The van der Waals surface area contributed by atoms with E-state index in [-0.39, 0.29) is 74.3 Å². The molecule has 0 aliphatic carbocycles. The lowest BCUT2D eigenvalue weighted by Crippen LogP contribution is -2.44. The summed E-state index contributed by atoms with van der Waals surface area (Å²) in [7, 11) is 0. The number of nitrogens with two attached hydrogens (primary N) is 2. The number of imide groups is 2. The number of hydrogen-bond acceptors (Lipinski definition) is 18. The van der Waals surface area contributed by atoms with Gasteiger partial charge < -0.3 is 59.7 Å². The zero-order chi connectivity index (χ0) is 81.7. The summed E-state index contributed by atoms with van der Waals surface area (Å²) >= 11 is 13.4. The van der Waals surface area contributed by atoms with Crippen molar-refractivity contribution in [2.45, 2.75) is 155 Å². The van der Waals surface area contributed by atoms with Crippen molar-refractivity contribution in [2.75, 3.05) is 61.6 Å². The Morgan fingerprint density at radius 3 is 1.49 bits per heavy atom. The zero-order valence-corrected chi connectivity index (χ0v) is 66.1. The van der Waals surface area contributed by atoms with Gasteiger partial charge in [-0.25, -0.2) is 39.3 Å². The number of hydrogen-bond donors (Lipinski definition) is 4. The largest absolute Gasteiger partial charge is 0.443 e. The third-order valence-corrected chi connectivity index (χ3v) is 19.0. The van der Waals surface area contributed by atoms with Gasteiger partial charge in [-0.2, -0.15) is 26.3 Å². The molecule has 4 aliphatic heterocycles. The molecule has 33 heteroatoms. The van der Waals surface area contributed by atoms with Crippen molar-refractivity contribution in [2.24, 2.45) is 0 Å².